The van der Waals surface area contributed by atoms with E-state index >= 15 is 0 Å². The van der Waals surface area contributed by atoms with Crippen molar-refractivity contribution in [2.45, 2.75) is 6.18 Å². The van der Waals surface area contributed by atoms with Gasteiger partial charge in [-0.2, -0.15) is 18.3 Å². The summed E-state index contributed by atoms with van der Waals surface area (Å²) in [5.74, 6) is -1.18. The smallest absolute Gasteiger partial charge is 0.425 e. The summed E-state index contributed by atoms with van der Waals surface area (Å²) >= 11 is 0.533. The third kappa shape index (κ3) is 2.23. The molecule has 96 valence electrons. The second kappa shape index (κ2) is 4.13. The molecule has 0 radical (unpaired) electrons. The zero-order valence-electron chi connectivity index (χ0n) is 9.02. The van der Waals surface area contributed by atoms with Crippen molar-refractivity contribution in [2.24, 2.45) is 7.05 Å². The molecule has 0 aliphatic carbocycles. The molecule has 2 aromatic rings. The van der Waals surface area contributed by atoms with E-state index < -0.39 is 17.0 Å². The van der Waals surface area contributed by atoms with Crippen molar-refractivity contribution in [1.29, 1.82) is 0 Å². The fraction of sp³-hybridized carbons (Fsp3) is 0.200. The van der Waals surface area contributed by atoms with E-state index in [2.05, 4.69) is 5.10 Å². The number of carboxylic acid groups (broad SMARTS) is 1. The van der Waals surface area contributed by atoms with Gasteiger partial charge in [-0.1, -0.05) is 0 Å². The van der Waals surface area contributed by atoms with E-state index in [1.54, 1.807) is 0 Å². The number of aryl methyl sites for hydroxylation is 1. The van der Waals surface area contributed by atoms with E-state index in [0.29, 0.717) is 11.3 Å². The minimum atomic E-state index is -4.40. The van der Waals surface area contributed by atoms with Crippen LogP contribution in [0.25, 0.3) is 10.6 Å². The van der Waals surface area contributed by atoms with Crippen LogP contribution in [-0.2, 0) is 13.2 Å². The van der Waals surface area contributed by atoms with Gasteiger partial charge in [-0.25, -0.2) is 4.79 Å². The quantitative estimate of drug-likeness (QED) is 0.917. The molecule has 2 heterocycles. The number of carbonyl (C=O) groups is 1. The molecule has 0 saturated heterocycles. The average molecular weight is 276 g/mol. The Hall–Kier alpha value is -1.83. The van der Waals surface area contributed by atoms with Crippen LogP contribution >= 0.6 is 11.3 Å². The number of thiophene rings is 1. The molecule has 8 heteroatoms. The molecule has 0 saturated carbocycles. The predicted molar refractivity (Wildman–Crippen MR) is 58.5 cm³/mol. The topological polar surface area (TPSA) is 55.1 Å². The molecular weight excluding hydrogens is 269 g/mol. The average Bonchev–Trinajstić information content (AvgIpc) is 2.81. The Balaban J connectivity index is 2.41. The molecule has 0 spiro atoms. The molecule has 0 unspecified atom stereocenters. The monoisotopic (exact) mass is 276 g/mol. The second-order valence-electron chi connectivity index (χ2n) is 3.51. The van der Waals surface area contributed by atoms with E-state index in [-0.39, 0.29) is 16.3 Å². The lowest BCUT2D eigenvalue weighted by atomic mass is 10.3. The largest absolute Gasteiger partial charge is 0.477 e. The molecule has 0 amide bonds. The number of aromatic carboxylic acids is 1. The number of rotatable bonds is 2. The highest BCUT2D eigenvalue weighted by Gasteiger charge is 2.32. The number of aromatic nitrogens is 2. The van der Waals surface area contributed by atoms with Crippen molar-refractivity contribution in [3.63, 3.8) is 0 Å². The maximum atomic E-state index is 12.4. The van der Waals surface area contributed by atoms with Gasteiger partial charge in [0, 0.05) is 7.05 Å². The van der Waals surface area contributed by atoms with Crippen LogP contribution in [0.15, 0.2) is 18.2 Å². The molecule has 0 aromatic carbocycles. The zero-order chi connectivity index (χ0) is 13.5. The Bertz CT molecular complexity index is 601. The Labute approximate surface area is 103 Å². The Morgan fingerprint density at radius 3 is 2.56 bits per heavy atom. The fourth-order valence-corrected chi connectivity index (χ4v) is 2.24. The predicted octanol–water partition coefficient (Wildman–Crippen LogP) is 2.87. The molecule has 0 aliphatic heterocycles. The molecule has 0 atom stereocenters. The first-order chi connectivity index (χ1) is 8.29. The normalized spacial score (nSPS) is 11.8. The SMILES string of the molecule is Cn1nc(-c2ccc(C(F)(F)F)s2)cc1C(=O)O. The van der Waals surface area contributed by atoms with Gasteiger partial charge >= 0.3 is 12.1 Å². The van der Waals surface area contributed by atoms with Crippen LogP contribution in [0.4, 0.5) is 13.2 Å². The number of alkyl halides is 3. The number of nitrogens with zero attached hydrogens (tertiary/aromatic N) is 2. The number of carboxylic acids is 1. The summed E-state index contributed by atoms with van der Waals surface area (Å²) in [5, 5.41) is 12.7. The first-order valence-corrected chi connectivity index (χ1v) is 5.55. The van der Waals surface area contributed by atoms with Crippen LogP contribution in [0.2, 0.25) is 0 Å². The van der Waals surface area contributed by atoms with Crippen molar-refractivity contribution in [2.75, 3.05) is 0 Å². The number of hydrogen-bond donors (Lipinski definition) is 1. The number of halogens is 3. The van der Waals surface area contributed by atoms with Gasteiger partial charge in [0.15, 0.2) is 0 Å². The van der Waals surface area contributed by atoms with Gasteiger partial charge in [-0.3, -0.25) is 4.68 Å². The van der Waals surface area contributed by atoms with Gasteiger partial charge in [0.05, 0.1) is 4.88 Å². The standard InChI is InChI=1S/C10H7F3N2O2S/c1-15-6(9(16)17)4-5(14-15)7-2-3-8(18-7)10(11,12)13/h2-4H,1H3,(H,16,17). The highest BCUT2D eigenvalue weighted by molar-refractivity contribution is 7.15. The summed E-state index contributed by atoms with van der Waals surface area (Å²) in [6, 6.07) is 3.48. The van der Waals surface area contributed by atoms with E-state index in [9.17, 15) is 18.0 Å². The van der Waals surface area contributed by atoms with Crippen LogP contribution in [0.1, 0.15) is 15.4 Å². The van der Waals surface area contributed by atoms with Gasteiger partial charge in [0.1, 0.15) is 16.3 Å². The van der Waals surface area contributed by atoms with Crippen LogP contribution in [0.3, 0.4) is 0 Å². The van der Waals surface area contributed by atoms with E-state index in [1.807, 2.05) is 0 Å². The summed E-state index contributed by atoms with van der Waals surface area (Å²) < 4.78 is 38.4. The second-order valence-corrected chi connectivity index (χ2v) is 4.59. The summed E-state index contributed by atoms with van der Waals surface area (Å²) in [7, 11) is 1.42. The molecule has 0 bridgehead atoms. The molecule has 18 heavy (non-hydrogen) atoms. The molecule has 2 rings (SSSR count). The summed E-state index contributed by atoms with van der Waals surface area (Å²) in [5.41, 5.74) is 0.141. The summed E-state index contributed by atoms with van der Waals surface area (Å²) in [6.45, 7) is 0. The molecule has 2 aromatic heterocycles. The van der Waals surface area contributed by atoms with Crippen molar-refractivity contribution < 1.29 is 23.1 Å². The molecular formula is C10H7F3N2O2S. The summed E-state index contributed by atoms with van der Waals surface area (Å²) in [4.78, 5) is 10.3. The lowest BCUT2D eigenvalue weighted by molar-refractivity contribution is -0.134. The Morgan fingerprint density at radius 1 is 1.44 bits per heavy atom. The Morgan fingerprint density at radius 2 is 2.11 bits per heavy atom. The first-order valence-electron chi connectivity index (χ1n) is 4.74. The molecule has 4 nitrogen and oxygen atoms in total. The minimum Gasteiger partial charge on any atom is -0.477 e. The molecule has 0 aliphatic rings. The first kappa shape index (κ1) is 12.6. The summed E-state index contributed by atoms with van der Waals surface area (Å²) in [6.07, 6.45) is -4.40. The highest BCUT2D eigenvalue weighted by atomic mass is 32.1. The Kier molecular flexibility index (Phi) is 2.89. The van der Waals surface area contributed by atoms with Crippen LogP contribution in [0.5, 0.6) is 0 Å². The highest BCUT2D eigenvalue weighted by Crippen LogP contribution is 2.38. The van der Waals surface area contributed by atoms with E-state index in [1.165, 1.54) is 19.2 Å². The number of hydrogen-bond acceptors (Lipinski definition) is 3. The van der Waals surface area contributed by atoms with Crippen LogP contribution in [0, 0.1) is 0 Å². The van der Waals surface area contributed by atoms with E-state index in [0.717, 1.165) is 10.7 Å². The zero-order valence-corrected chi connectivity index (χ0v) is 9.84. The van der Waals surface area contributed by atoms with Crippen molar-refractivity contribution in [3.05, 3.63) is 28.8 Å². The van der Waals surface area contributed by atoms with Gasteiger partial charge in [0.25, 0.3) is 0 Å². The van der Waals surface area contributed by atoms with Crippen molar-refractivity contribution >= 4 is 17.3 Å². The third-order valence-corrected chi connectivity index (χ3v) is 3.39. The lowest BCUT2D eigenvalue weighted by Gasteiger charge is -2.00. The maximum absolute atomic E-state index is 12.4. The van der Waals surface area contributed by atoms with Crippen molar-refractivity contribution in [1.82, 2.24) is 9.78 Å². The van der Waals surface area contributed by atoms with Gasteiger partial charge in [-0.15, -0.1) is 11.3 Å². The van der Waals surface area contributed by atoms with Gasteiger partial charge in [-0.05, 0) is 18.2 Å². The van der Waals surface area contributed by atoms with Crippen LogP contribution in [-0.4, -0.2) is 20.9 Å². The molecule has 1 N–H and O–H groups in total. The van der Waals surface area contributed by atoms with Gasteiger partial charge < -0.3 is 5.11 Å². The minimum absolute atomic E-state index is 0.0769. The maximum Gasteiger partial charge on any atom is 0.425 e. The molecule has 0 fully saturated rings. The van der Waals surface area contributed by atoms with E-state index in [4.69, 9.17) is 5.11 Å². The van der Waals surface area contributed by atoms with Crippen molar-refractivity contribution in [3.8, 4) is 10.6 Å². The lowest BCUT2D eigenvalue weighted by Crippen LogP contribution is -2.04. The van der Waals surface area contributed by atoms with Gasteiger partial charge in [0.2, 0.25) is 0 Å². The third-order valence-electron chi connectivity index (χ3n) is 2.24. The fourth-order valence-electron chi connectivity index (χ4n) is 1.42. The van der Waals surface area contributed by atoms with Crippen LogP contribution < -0.4 is 0 Å².